The minimum Gasteiger partial charge on any atom is -0.469 e. The molecule has 2 N–H and O–H groups in total. The predicted molar refractivity (Wildman–Crippen MR) is 110 cm³/mol. The molecule has 2 aromatic rings. The Morgan fingerprint density at radius 2 is 2.15 bits per heavy atom. The van der Waals surface area contributed by atoms with E-state index in [2.05, 4.69) is 40.4 Å². The van der Waals surface area contributed by atoms with Crippen LogP contribution >= 0.6 is 0 Å². The summed E-state index contributed by atoms with van der Waals surface area (Å²) < 4.78 is 5.40. The fraction of sp³-hybridized carbons (Fsp3) is 0.524. The number of aromatic nitrogens is 1. The first-order valence-corrected chi connectivity index (χ1v) is 10.0. The van der Waals surface area contributed by atoms with E-state index in [4.69, 9.17) is 9.41 Å². The van der Waals surface area contributed by atoms with Crippen LogP contribution in [0.2, 0.25) is 0 Å². The topological polar surface area (TPSA) is 65.7 Å². The molecule has 1 unspecified atom stereocenters. The van der Waals surface area contributed by atoms with Gasteiger partial charge in [0.15, 0.2) is 5.96 Å². The van der Waals surface area contributed by atoms with Crippen LogP contribution in [0.15, 0.2) is 52.2 Å². The molecule has 3 heterocycles. The van der Waals surface area contributed by atoms with Crippen LogP contribution in [-0.4, -0.2) is 42.7 Å². The molecule has 3 rings (SSSR count). The van der Waals surface area contributed by atoms with Crippen molar-refractivity contribution in [3.05, 3.63) is 48.6 Å². The van der Waals surface area contributed by atoms with Crippen LogP contribution in [0.3, 0.4) is 0 Å². The number of rotatable bonds is 7. The molecular weight excluding hydrogens is 338 g/mol. The van der Waals surface area contributed by atoms with Crippen molar-refractivity contribution in [3.63, 3.8) is 0 Å². The number of hydrogen-bond acceptors (Lipinski definition) is 4. The van der Waals surface area contributed by atoms with Gasteiger partial charge in [-0.15, -0.1) is 0 Å². The molecule has 0 saturated carbocycles. The zero-order valence-corrected chi connectivity index (χ0v) is 16.4. The number of hydrogen-bond donors (Lipinski definition) is 2. The van der Waals surface area contributed by atoms with Gasteiger partial charge in [-0.25, -0.2) is 4.98 Å². The number of piperidine rings is 1. The Kier molecular flexibility index (Phi) is 7.13. The maximum atomic E-state index is 5.40. The highest BCUT2D eigenvalue weighted by Crippen LogP contribution is 2.17. The van der Waals surface area contributed by atoms with Gasteiger partial charge >= 0.3 is 0 Å². The first-order chi connectivity index (χ1) is 13.2. The van der Waals surface area contributed by atoms with Gasteiger partial charge in [0.05, 0.1) is 6.26 Å². The predicted octanol–water partition coefficient (Wildman–Crippen LogP) is 3.22. The number of nitrogens with zero attached hydrogens (tertiary/aromatic N) is 3. The van der Waals surface area contributed by atoms with Gasteiger partial charge in [-0.1, -0.05) is 13.0 Å². The van der Waals surface area contributed by atoms with Gasteiger partial charge in [0, 0.05) is 44.3 Å². The average Bonchev–Trinajstić information content (AvgIpc) is 3.22. The Hall–Kier alpha value is -2.50. The Morgan fingerprint density at radius 1 is 1.30 bits per heavy atom. The molecule has 0 spiro atoms. The highest BCUT2D eigenvalue weighted by molar-refractivity contribution is 5.80. The molecule has 0 amide bonds. The summed E-state index contributed by atoms with van der Waals surface area (Å²) in [5.41, 5.74) is 0. The number of anilines is 1. The van der Waals surface area contributed by atoms with Gasteiger partial charge in [0.25, 0.3) is 0 Å². The molecule has 1 fully saturated rings. The van der Waals surface area contributed by atoms with E-state index in [1.165, 1.54) is 0 Å². The third kappa shape index (κ3) is 6.01. The number of nitrogens with one attached hydrogen (secondary N) is 2. The summed E-state index contributed by atoms with van der Waals surface area (Å²) in [7, 11) is 0. The molecule has 27 heavy (non-hydrogen) atoms. The van der Waals surface area contributed by atoms with E-state index in [1.807, 2.05) is 30.5 Å². The minimum atomic E-state index is 0.397. The van der Waals surface area contributed by atoms with Crippen molar-refractivity contribution < 1.29 is 4.42 Å². The zero-order valence-electron chi connectivity index (χ0n) is 16.4. The number of furan rings is 1. The molecule has 6 nitrogen and oxygen atoms in total. The molecular formula is C21H31N5O. The van der Waals surface area contributed by atoms with Crippen LogP contribution < -0.4 is 15.5 Å². The van der Waals surface area contributed by atoms with Crippen molar-refractivity contribution >= 4 is 11.8 Å². The fourth-order valence-corrected chi connectivity index (χ4v) is 3.19. The second-order valence-corrected chi connectivity index (χ2v) is 7.11. The quantitative estimate of drug-likeness (QED) is 0.579. The minimum absolute atomic E-state index is 0.397. The van der Waals surface area contributed by atoms with Crippen LogP contribution in [0, 0.1) is 0 Å². The number of pyridine rings is 1. The lowest BCUT2D eigenvalue weighted by atomic mass is 10.1. The zero-order chi connectivity index (χ0) is 18.9. The maximum Gasteiger partial charge on any atom is 0.191 e. The summed E-state index contributed by atoms with van der Waals surface area (Å²) in [5, 5.41) is 7.15. The van der Waals surface area contributed by atoms with Gasteiger partial charge in [-0.3, -0.25) is 4.99 Å². The van der Waals surface area contributed by atoms with Crippen LogP contribution in [-0.2, 0) is 6.42 Å². The van der Waals surface area contributed by atoms with Crippen molar-refractivity contribution in [2.24, 2.45) is 4.99 Å². The summed E-state index contributed by atoms with van der Waals surface area (Å²) in [6, 6.07) is 10.8. The Labute approximate surface area is 162 Å². The van der Waals surface area contributed by atoms with Gasteiger partial charge in [-0.05, 0) is 50.5 Å². The lowest BCUT2D eigenvalue weighted by molar-refractivity contribution is 0.455. The Bertz CT molecular complexity index is 678. The molecule has 0 radical (unpaired) electrons. The van der Waals surface area contributed by atoms with E-state index in [0.29, 0.717) is 18.6 Å². The summed E-state index contributed by atoms with van der Waals surface area (Å²) in [5.74, 6) is 2.96. The van der Waals surface area contributed by atoms with E-state index in [9.17, 15) is 0 Å². The molecule has 0 aliphatic carbocycles. The highest BCUT2D eigenvalue weighted by Gasteiger charge is 2.21. The largest absolute Gasteiger partial charge is 0.469 e. The molecule has 2 aromatic heterocycles. The molecule has 1 atom stereocenters. The van der Waals surface area contributed by atoms with E-state index in [0.717, 1.165) is 56.3 Å². The van der Waals surface area contributed by atoms with Crippen molar-refractivity contribution in [1.82, 2.24) is 15.6 Å². The van der Waals surface area contributed by atoms with Gasteiger partial charge < -0.3 is 20.0 Å². The lowest BCUT2D eigenvalue weighted by Crippen LogP contribution is -2.50. The van der Waals surface area contributed by atoms with E-state index in [-0.39, 0.29) is 0 Å². The average molecular weight is 370 g/mol. The van der Waals surface area contributed by atoms with E-state index >= 15 is 0 Å². The van der Waals surface area contributed by atoms with Crippen LogP contribution in [0.4, 0.5) is 5.82 Å². The highest BCUT2D eigenvalue weighted by atomic mass is 16.3. The van der Waals surface area contributed by atoms with Crippen molar-refractivity contribution in [2.45, 2.75) is 51.6 Å². The summed E-state index contributed by atoms with van der Waals surface area (Å²) >= 11 is 0. The summed E-state index contributed by atoms with van der Waals surface area (Å²) in [6.45, 7) is 7.11. The van der Waals surface area contributed by atoms with Crippen molar-refractivity contribution in [3.8, 4) is 0 Å². The third-order valence-corrected chi connectivity index (χ3v) is 5.01. The maximum absolute atomic E-state index is 5.40. The summed E-state index contributed by atoms with van der Waals surface area (Å²) in [6.07, 6.45) is 7.62. The molecule has 1 saturated heterocycles. The smallest absolute Gasteiger partial charge is 0.191 e. The van der Waals surface area contributed by atoms with Crippen molar-refractivity contribution in [1.29, 1.82) is 0 Å². The molecule has 146 valence electrons. The normalized spacial score (nSPS) is 17.0. The molecule has 0 bridgehead atoms. The van der Waals surface area contributed by atoms with Gasteiger partial charge in [0.1, 0.15) is 11.6 Å². The van der Waals surface area contributed by atoms with Gasteiger partial charge in [0.2, 0.25) is 0 Å². The summed E-state index contributed by atoms with van der Waals surface area (Å²) in [4.78, 5) is 11.6. The lowest BCUT2D eigenvalue weighted by Gasteiger charge is -2.34. The van der Waals surface area contributed by atoms with E-state index < -0.39 is 0 Å². The first kappa shape index (κ1) is 19.3. The molecule has 1 aliphatic rings. The Morgan fingerprint density at radius 3 is 2.81 bits per heavy atom. The second-order valence-electron chi connectivity index (χ2n) is 7.11. The van der Waals surface area contributed by atoms with Crippen molar-refractivity contribution in [2.75, 3.05) is 24.5 Å². The number of guanidine groups is 1. The fourth-order valence-electron chi connectivity index (χ4n) is 3.19. The first-order valence-electron chi connectivity index (χ1n) is 10.0. The Balaban J connectivity index is 1.52. The molecule has 1 aliphatic heterocycles. The second kappa shape index (κ2) is 10.00. The van der Waals surface area contributed by atoms with Crippen LogP contribution in [0.25, 0.3) is 0 Å². The standard InChI is InChI=1S/C21H31N5O/c1-3-17(2)24-21(23-13-9-19-7-6-16-27-19)25-18-10-14-26(15-11-18)20-8-4-5-12-22-20/h4-8,12,16-18H,3,9-11,13-15H2,1-2H3,(H2,23,24,25). The van der Waals surface area contributed by atoms with Crippen LogP contribution in [0.5, 0.6) is 0 Å². The van der Waals surface area contributed by atoms with Gasteiger partial charge in [-0.2, -0.15) is 0 Å². The van der Waals surface area contributed by atoms with E-state index in [1.54, 1.807) is 6.26 Å². The third-order valence-electron chi connectivity index (χ3n) is 5.01. The number of aliphatic imine (C=N–C) groups is 1. The SMILES string of the molecule is CCC(C)NC(=NCCc1ccco1)NC1CCN(c2ccccn2)CC1. The van der Waals surface area contributed by atoms with Crippen LogP contribution in [0.1, 0.15) is 38.9 Å². The molecule has 6 heteroatoms. The monoisotopic (exact) mass is 369 g/mol. The molecule has 0 aromatic carbocycles.